The minimum absolute atomic E-state index is 0.0252. The van der Waals surface area contributed by atoms with E-state index < -0.39 is 0 Å². The Morgan fingerprint density at radius 3 is 3.00 bits per heavy atom. The Kier molecular flexibility index (Phi) is 5.35. The van der Waals surface area contributed by atoms with Gasteiger partial charge in [-0.2, -0.15) is 0 Å². The summed E-state index contributed by atoms with van der Waals surface area (Å²) >= 11 is 1.23. The van der Waals surface area contributed by atoms with Gasteiger partial charge in [-0.1, -0.05) is 6.58 Å². The third kappa shape index (κ3) is 5.39. The molecule has 0 fully saturated rings. The highest BCUT2D eigenvalue weighted by Crippen LogP contribution is 1.90. The normalized spacial score (nSPS) is 8.56. The van der Waals surface area contributed by atoms with Crippen LogP contribution in [0.4, 0.5) is 0 Å². The van der Waals surface area contributed by atoms with Gasteiger partial charge in [0.05, 0.1) is 11.8 Å². The van der Waals surface area contributed by atoms with E-state index in [4.69, 9.17) is 5.11 Å². The van der Waals surface area contributed by atoms with Crippen LogP contribution in [0.25, 0.3) is 0 Å². The van der Waals surface area contributed by atoms with E-state index in [0.29, 0.717) is 5.88 Å². The molecule has 0 radical (unpaired) electrons. The number of aliphatic hydroxyl groups excluding tert-OH is 1. The zero-order chi connectivity index (χ0) is 7.11. The van der Waals surface area contributed by atoms with Gasteiger partial charge in [-0.05, 0) is 6.08 Å². The van der Waals surface area contributed by atoms with Crippen molar-refractivity contribution in [3.05, 3.63) is 12.7 Å². The van der Waals surface area contributed by atoms with Gasteiger partial charge in [-0.15, -0.1) is 11.8 Å². The van der Waals surface area contributed by atoms with Gasteiger partial charge in [0.1, 0.15) is 0 Å². The van der Waals surface area contributed by atoms with Crippen molar-refractivity contribution in [1.82, 2.24) is 5.32 Å². The second kappa shape index (κ2) is 5.65. The molecule has 3 nitrogen and oxygen atoms in total. The van der Waals surface area contributed by atoms with E-state index in [-0.39, 0.29) is 11.8 Å². The van der Waals surface area contributed by atoms with Gasteiger partial charge in [-0.3, -0.25) is 4.79 Å². The Bertz CT molecular complexity index is 105. The van der Waals surface area contributed by atoms with Gasteiger partial charge in [-0.25, -0.2) is 0 Å². The van der Waals surface area contributed by atoms with E-state index >= 15 is 0 Å². The van der Waals surface area contributed by atoms with Crippen LogP contribution in [0.15, 0.2) is 12.7 Å². The predicted molar refractivity (Wildman–Crippen MR) is 37.9 cm³/mol. The van der Waals surface area contributed by atoms with E-state index in [9.17, 15) is 4.79 Å². The largest absolute Gasteiger partial charge is 0.386 e. The van der Waals surface area contributed by atoms with Crippen molar-refractivity contribution >= 4 is 17.7 Å². The van der Waals surface area contributed by atoms with Crippen molar-refractivity contribution in [2.24, 2.45) is 0 Å². The molecule has 4 heteroatoms. The average molecular weight is 147 g/mol. The van der Waals surface area contributed by atoms with Gasteiger partial charge in [0.15, 0.2) is 0 Å². The van der Waals surface area contributed by atoms with Crippen LogP contribution in [-0.2, 0) is 4.79 Å². The number of aliphatic hydroxyl groups is 1. The molecular formula is C5H9NO2S. The summed E-state index contributed by atoms with van der Waals surface area (Å²) in [7, 11) is 0. The second-order valence-corrected chi connectivity index (χ2v) is 2.18. The number of thioether (sulfide) groups is 1. The lowest BCUT2D eigenvalue weighted by atomic mass is 10.6. The summed E-state index contributed by atoms with van der Waals surface area (Å²) in [6, 6.07) is 0. The van der Waals surface area contributed by atoms with Crippen molar-refractivity contribution in [1.29, 1.82) is 0 Å². The number of rotatable bonds is 4. The first kappa shape index (κ1) is 8.52. The summed E-state index contributed by atoms with van der Waals surface area (Å²) in [6.07, 6.45) is 1.19. The lowest BCUT2D eigenvalue weighted by molar-refractivity contribution is -0.116. The van der Waals surface area contributed by atoms with Crippen molar-refractivity contribution in [3.8, 4) is 0 Å². The third-order valence-electron chi connectivity index (χ3n) is 0.625. The highest BCUT2D eigenvalue weighted by molar-refractivity contribution is 7.99. The first-order valence-electron chi connectivity index (χ1n) is 2.40. The van der Waals surface area contributed by atoms with Crippen LogP contribution in [0.3, 0.4) is 0 Å². The van der Waals surface area contributed by atoms with E-state index in [0.717, 1.165) is 0 Å². The minimum atomic E-state index is -0.212. The van der Waals surface area contributed by atoms with Crippen LogP contribution >= 0.6 is 11.8 Å². The molecule has 0 saturated carbocycles. The molecule has 0 atom stereocenters. The molecule has 2 N–H and O–H groups in total. The highest BCUT2D eigenvalue weighted by Gasteiger charge is 1.89. The number of hydrogen-bond acceptors (Lipinski definition) is 3. The molecule has 0 aromatic heterocycles. The fraction of sp³-hybridized carbons (Fsp3) is 0.400. The molecule has 0 aromatic carbocycles. The maximum atomic E-state index is 10.4. The number of carbonyl (C=O) groups excluding carboxylic acids is 1. The van der Waals surface area contributed by atoms with Gasteiger partial charge < -0.3 is 10.4 Å². The van der Waals surface area contributed by atoms with E-state index in [2.05, 4.69) is 11.9 Å². The Hall–Kier alpha value is -0.480. The summed E-state index contributed by atoms with van der Waals surface area (Å²) < 4.78 is 0. The first-order valence-corrected chi connectivity index (χ1v) is 3.55. The molecule has 0 spiro atoms. The van der Waals surface area contributed by atoms with Crippen molar-refractivity contribution in [2.75, 3.05) is 11.8 Å². The quantitative estimate of drug-likeness (QED) is 0.332. The molecule has 0 saturated heterocycles. The number of carbonyl (C=O) groups is 1. The van der Waals surface area contributed by atoms with Gasteiger partial charge in [0, 0.05) is 0 Å². The molecule has 1 amide bonds. The Balaban J connectivity index is 3.07. The maximum Gasteiger partial charge on any atom is 0.244 e. The van der Waals surface area contributed by atoms with Crippen LogP contribution in [0.1, 0.15) is 0 Å². The summed E-state index contributed by atoms with van der Waals surface area (Å²) in [4.78, 5) is 10.4. The molecule has 0 rings (SSSR count). The second-order valence-electron chi connectivity index (χ2n) is 1.22. The third-order valence-corrected chi connectivity index (χ3v) is 1.16. The van der Waals surface area contributed by atoms with E-state index in [1.807, 2.05) is 0 Å². The number of hydrogen-bond donors (Lipinski definition) is 2. The fourth-order valence-electron chi connectivity index (χ4n) is 0.240. The molecule has 0 bridgehead atoms. The molecule has 0 aliphatic carbocycles. The standard InChI is InChI=1S/C5H9NO2S/c1-2-5(8)6-3-9-4-7/h2,7H,1,3-4H2,(H,6,8). The molecular weight excluding hydrogens is 138 g/mol. The van der Waals surface area contributed by atoms with Crippen molar-refractivity contribution in [3.63, 3.8) is 0 Å². The van der Waals surface area contributed by atoms with Gasteiger partial charge in [0.25, 0.3) is 0 Å². The van der Waals surface area contributed by atoms with Crippen molar-refractivity contribution < 1.29 is 9.90 Å². The monoisotopic (exact) mass is 147 g/mol. The fourth-order valence-corrected chi connectivity index (χ4v) is 0.576. The number of amides is 1. The lowest BCUT2D eigenvalue weighted by Crippen LogP contribution is -2.19. The summed E-state index contributed by atoms with van der Waals surface area (Å²) in [6.45, 7) is 3.26. The van der Waals surface area contributed by atoms with Crippen LogP contribution in [0.5, 0.6) is 0 Å². The predicted octanol–water partition coefficient (Wildman–Crippen LogP) is -0.0709. The van der Waals surface area contributed by atoms with Gasteiger partial charge >= 0.3 is 0 Å². The zero-order valence-electron chi connectivity index (χ0n) is 4.96. The van der Waals surface area contributed by atoms with Crippen LogP contribution < -0.4 is 5.32 Å². The molecule has 52 valence electrons. The summed E-state index contributed by atoms with van der Waals surface area (Å²) in [5.74, 6) is 0.245. The van der Waals surface area contributed by atoms with Crippen LogP contribution in [-0.4, -0.2) is 22.8 Å². The molecule has 0 aliphatic heterocycles. The molecule has 0 heterocycles. The topological polar surface area (TPSA) is 49.3 Å². The van der Waals surface area contributed by atoms with Crippen LogP contribution in [0, 0.1) is 0 Å². The highest BCUT2D eigenvalue weighted by atomic mass is 32.2. The lowest BCUT2D eigenvalue weighted by Gasteiger charge is -1.96. The molecule has 0 unspecified atom stereocenters. The van der Waals surface area contributed by atoms with Gasteiger partial charge in [0.2, 0.25) is 5.91 Å². The van der Waals surface area contributed by atoms with Crippen LogP contribution in [0.2, 0.25) is 0 Å². The average Bonchev–Trinajstić information content (AvgIpc) is 1.89. The summed E-state index contributed by atoms with van der Waals surface area (Å²) in [5, 5.41) is 10.7. The van der Waals surface area contributed by atoms with E-state index in [1.54, 1.807) is 0 Å². The molecule has 9 heavy (non-hydrogen) atoms. The molecule has 0 aromatic rings. The van der Waals surface area contributed by atoms with E-state index in [1.165, 1.54) is 17.8 Å². The SMILES string of the molecule is C=CC(=O)NCSCO. The zero-order valence-corrected chi connectivity index (χ0v) is 5.78. The summed E-state index contributed by atoms with van der Waals surface area (Å²) in [5.41, 5.74) is 0. The maximum absolute atomic E-state index is 10.4. The first-order chi connectivity index (χ1) is 4.31. The number of nitrogens with one attached hydrogen (secondary N) is 1. The Morgan fingerprint density at radius 2 is 2.56 bits per heavy atom. The molecule has 0 aliphatic rings. The smallest absolute Gasteiger partial charge is 0.244 e. The van der Waals surface area contributed by atoms with Crippen molar-refractivity contribution in [2.45, 2.75) is 0 Å². The minimum Gasteiger partial charge on any atom is -0.386 e. The Labute approximate surface area is 58.1 Å². The Morgan fingerprint density at radius 1 is 1.89 bits per heavy atom.